The molecule has 0 unspecified atom stereocenters. The van der Waals surface area contributed by atoms with Gasteiger partial charge in [-0.15, -0.1) is 0 Å². The van der Waals surface area contributed by atoms with Crippen LogP contribution in [-0.4, -0.2) is 51.9 Å². The monoisotopic (exact) mass is 257 g/mol. The number of carboxylic acid groups (broad SMARTS) is 1. The van der Waals surface area contributed by atoms with Gasteiger partial charge in [0.15, 0.2) is 6.10 Å². The van der Waals surface area contributed by atoms with Gasteiger partial charge >= 0.3 is 12.3 Å². The first-order chi connectivity index (χ1) is 7.55. The van der Waals surface area contributed by atoms with Crippen molar-refractivity contribution in [3.8, 4) is 0 Å². The Morgan fingerprint density at radius 3 is 2.53 bits per heavy atom. The van der Waals surface area contributed by atoms with Gasteiger partial charge in [-0.2, -0.15) is 13.2 Å². The highest BCUT2D eigenvalue weighted by atomic mass is 19.4. The molecule has 17 heavy (non-hydrogen) atoms. The Morgan fingerprint density at radius 2 is 2.12 bits per heavy atom. The molecule has 1 fully saturated rings. The van der Waals surface area contributed by atoms with Crippen molar-refractivity contribution in [2.24, 2.45) is 0 Å². The Hall–Kier alpha value is -1.02. The molecule has 100 valence electrons. The molecule has 1 saturated heterocycles. The first-order valence-corrected chi connectivity index (χ1v) is 4.96. The number of nitrogens with zero attached hydrogens (tertiary/aromatic N) is 1. The number of hydrogen-bond acceptors (Lipinski definition) is 3. The van der Waals surface area contributed by atoms with Gasteiger partial charge in [-0.1, -0.05) is 0 Å². The van der Waals surface area contributed by atoms with Crippen LogP contribution in [0.2, 0.25) is 0 Å². The lowest BCUT2D eigenvalue weighted by molar-refractivity contribution is -0.208. The predicted molar refractivity (Wildman–Crippen MR) is 50.4 cm³/mol. The van der Waals surface area contributed by atoms with E-state index in [1.165, 1.54) is 13.8 Å². The third-order valence-electron chi connectivity index (χ3n) is 2.65. The lowest BCUT2D eigenvalue weighted by atomic mass is 10.1. The maximum atomic E-state index is 12.2. The lowest BCUT2D eigenvalue weighted by Crippen LogP contribution is -2.49. The fourth-order valence-electron chi connectivity index (χ4n) is 1.84. The fourth-order valence-corrected chi connectivity index (χ4v) is 1.84. The van der Waals surface area contributed by atoms with Gasteiger partial charge in [-0.3, -0.25) is 4.90 Å². The van der Waals surface area contributed by atoms with Crippen molar-refractivity contribution < 1.29 is 32.9 Å². The summed E-state index contributed by atoms with van der Waals surface area (Å²) in [5.41, 5.74) is -1.18. The van der Waals surface area contributed by atoms with Gasteiger partial charge in [0.2, 0.25) is 0 Å². The zero-order valence-electron chi connectivity index (χ0n) is 9.36. The van der Waals surface area contributed by atoms with Crippen molar-refractivity contribution in [1.29, 1.82) is 0 Å². The molecular weight excluding hydrogens is 243 g/mol. The number of aliphatic hydroxyl groups excluding tert-OH is 1. The molecular formula is C9H14F3NO4. The minimum atomic E-state index is -4.75. The summed E-state index contributed by atoms with van der Waals surface area (Å²) in [6, 6.07) is -1.00. The average molecular weight is 257 g/mol. The Bertz CT molecular complexity index is 305. The van der Waals surface area contributed by atoms with E-state index >= 15 is 0 Å². The minimum Gasteiger partial charge on any atom is -0.465 e. The summed E-state index contributed by atoms with van der Waals surface area (Å²) in [6.07, 6.45) is -9.39. The SMILES string of the molecule is CC1(C)OC[C@H](C[C@@H](O)C(F)(F)F)N1C(=O)O. The van der Waals surface area contributed by atoms with E-state index < -0.39 is 36.6 Å². The minimum absolute atomic E-state index is 0.160. The molecule has 0 aromatic heterocycles. The molecule has 2 atom stereocenters. The van der Waals surface area contributed by atoms with E-state index in [2.05, 4.69) is 0 Å². The van der Waals surface area contributed by atoms with E-state index in [1.54, 1.807) is 0 Å². The molecule has 1 aliphatic rings. The standard InChI is InChI=1S/C9H14F3NO4/c1-8(2)13(7(15)16)5(4-17-8)3-6(14)9(10,11)12/h5-6,14H,3-4H2,1-2H3,(H,15,16)/t5-,6+/m0/s1. The summed E-state index contributed by atoms with van der Waals surface area (Å²) < 4.78 is 41.6. The molecule has 0 saturated carbocycles. The molecule has 0 aliphatic carbocycles. The number of ether oxygens (including phenoxy) is 1. The van der Waals surface area contributed by atoms with E-state index in [4.69, 9.17) is 14.9 Å². The maximum Gasteiger partial charge on any atom is 0.414 e. The molecule has 1 aliphatic heterocycles. The Labute approximate surface area is 95.8 Å². The van der Waals surface area contributed by atoms with Crippen LogP contribution < -0.4 is 0 Å². The van der Waals surface area contributed by atoms with E-state index in [0.717, 1.165) is 4.90 Å². The van der Waals surface area contributed by atoms with Crippen LogP contribution >= 0.6 is 0 Å². The average Bonchev–Trinajstić information content (AvgIpc) is 2.39. The normalized spacial score (nSPS) is 26.0. The van der Waals surface area contributed by atoms with Gasteiger partial charge in [-0.05, 0) is 13.8 Å². The summed E-state index contributed by atoms with van der Waals surface area (Å²) in [7, 11) is 0. The van der Waals surface area contributed by atoms with Gasteiger partial charge in [0, 0.05) is 6.42 Å². The second kappa shape index (κ2) is 4.34. The molecule has 0 aromatic carbocycles. The molecule has 0 spiro atoms. The quantitative estimate of drug-likeness (QED) is 0.784. The summed E-state index contributed by atoms with van der Waals surface area (Å²) >= 11 is 0. The van der Waals surface area contributed by atoms with Crippen LogP contribution in [0.3, 0.4) is 0 Å². The van der Waals surface area contributed by atoms with Crippen LogP contribution in [0, 0.1) is 0 Å². The van der Waals surface area contributed by atoms with Crippen molar-refractivity contribution in [1.82, 2.24) is 4.90 Å². The van der Waals surface area contributed by atoms with Crippen molar-refractivity contribution in [3.63, 3.8) is 0 Å². The largest absolute Gasteiger partial charge is 0.465 e. The lowest BCUT2D eigenvalue weighted by Gasteiger charge is -2.31. The van der Waals surface area contributed by atoms with Crippen LogP contribution in [0.15, 0.2) is 0 Å². The zero-order chi connectivity index (χ0) is 13.4. The second-order valence-electron chi connectivity index (χ2n) is 4.36. The summed E-state index contributed by atoms with van der Waals surface area (Å²) in [5.74, 6) is 0. The molecule has 0 radical (unpaired) electrons. The first-order valence-electron chi connectivity index (χ1n) is 4.96. The molecule has 1 rings (SSSR count). The Kier molecular flexibility index (Phi) is 3.58. The Morgan fingerprint density at radius 1 is 1.59 bits per heavy atom. The smallest absolute Gasteiger partial charge is 0.414 e. The molecule has 5 nitrogen and oxygen atoms in total. The summed E-state index contributed by atoms with van der Waals surface area (Å²) in [6.45, 7) is 2.73. The highest BCUT2D eigenvalue weighted by Crippen LogP contribution is 2.32. The van der Waals surface area contributed by atoms with E-state index in [9.17, 15) is 18.0 Å². The van der Waals surface area contributed by atoms with Crippen LogP contribution in [0.4, 0.5) is 18.0 Å². The molecule has 0 aromatic rings. The van der Waals surface area contributed by atoms with Gasteiger partial charge in [0.25, 0.3) is 0 Å². The number of amides is 1. The van der Waals surface area contributed by atoms with E-state index in [1.807, 2.05) is 0 Å². The van der Waals surface area contributed by atoms with Crippen LogP contribution in [0.1, 0.15) is 20.3 Å². The number of hydrogen-bond donors (Lipinski definition) is 2. The predicted octanol–water partition coefficient (Wildman–Crippen LogP) is 1.41. The summed E-state index contributed by atoms with van der Waals surface area (Å²) in [5, 5.41) is 17.8. The molecule has 2 N–H and O–H groups in total. The maximum absolute atomic E-state index is 12.2. The van der Waals surface area contributed by atoms with Gasteiger partial charge in [0.1, 0.15) is 5.72 Å². The molecule has 0 bridgehead atoms. The third-order valence-corrected chi connectivity index (χ3v) is 2.65. The van der Waals surface area contributed by atoms with E-state index in [0.29, 0.717) is 0 Å². The van der Waals surface area contributed by atoms with Crippen molar-refractivity contribution in [2.45, 2.75) is 44.3 Å². The fraction of sp³-hybridized carbons (Fsp3) is 0.889. The van der Waals surface area contributed by atoms with Gasteiger partial charge < -0.3 is 14.9 Å². The number of aliphatic hydroxyl groups is 1. The third kappa shape index (κ3) is 3.01. The number of halogens is 3. The highest BCUT2D eigenvalue weighted by molar-refractivity contribution is 5.66. The molecule has 1 amide bonds. The van der Waals surface area contributed by atoms with Gasteiger partial charge in [0.05, 0.1) is 12.6 Å². The Balaban J connectivity index is 2.76. The highest BCUT2D eigenvalue weighted by Gasteiger charge is 2.48. The van der Waals surface area contributed by atoms with Crippen molar-refractivity contribution in [3.05, 3.63) is 0 Å². The molecule has 8 heteroatoms. The van der Waals surface area contributed by atoms with Crippen LogP contribution in [-0.2, 0) is 4.74 Å². The van der Waals surface area contributed by atoms with Crippen molar-refractivity contribution >= 4 is 6.09 Å². The van der Waals surface area contributed by atoms with Crippen LogP contribution in [0.5, 0.6) is 0 Å². The first kappa shape index (κ1) is 14.0. The van der Waals surface area contributed by atoms with Crippen LogP contribution in [0.25, 0.3) is 0 Å². The number of rotatable bonds is 2. The molecule has 1 heterocycles. The topological polar surface area (TPSA) is 70.0 Å². The van der Waals surface area contributed by atoms with E-state index in [-0.39, 0.29) is 6.61 Å². The summed E-state index contributed by atoms with van der Waals surface area (Å²) in [4.78, 5) is 11.7. The van der Waals surface area contributed by atoms with Crippen molar-refractivity contribution in [2.75, 3.05) is 6.61 Å². The second-order valence-corrected chi connectivity index (χ2v) is 4.36. The zero-order valence-corrected chi connectivity index (χ0v) is 9.36. The number of alkyl halides is 3. The van der Waals surface area contributed by atoms with Gasteiger partial charge in [-0.25, -0.2) is 4.79 Å². The number of carbonyl (C=O) groups is 1.